The summed E-state index contributed by atoms with van der Waals surface area (Å²) in [7, 11) is 0. The second kappa shape index (κ2) is 10.6. The lowest BCUT2D eigenvalue weighted by Crippen LogP contribution is -2.50. The van der Waals surface area contributed by atoms with E-state index in [9.17, 15) is 14.0 Å². The number of hydrogen-bond donors (Lipinski definition) is 1. The maximum atomic E-state index is 14.2. The fourth-order valence-electron chi connectivity index (χ4n) is 3.02. The minimum atomic E-state index is -0.781. The molecule has 2 amide bonds. The van der Waals surface area contributed by atoms with E-state index in [2.05, 4.69) is 21.2 Å². The summed E-state index contributed by atoms with van der Waals surface area (Å²) in [5.41, 5.74) is 2.32. The molecule has 0 aliphatic heterocycles. The van der Waals surface area contributed by atoms with E-state index in [0.717, 1.165) is 15.6 Å². The molecule has 0 aromatic heterocycles. The molecule has 1 N–H and O–H groups in total. The standard InChI is InChI=1S/C23H28BrFN2O3/c1-14(2)26-23(29)17(5)27(12-18-8-6-7-9-20(18)25)21(28)13-30-19-10-15(3)22(24)16(4)11-19/h6-11,14,17H,12-13H2,1-5H3,(H,26,29). The molecule has 5 nitrogen and oxygen atoms in total. The van der Waals surface area contributed by atoms with Crippen molar-refractivity contribution in [2.75, 3.05) is 6.61 Å². The molecule has 0 saturated heterocycles. The quantitative estimate of drug-likeness (QED) is 0.606. The highest BCUT2D eigenvalue weighted by Crippen LogP contribution is 2.26. The first-order valence-electron chi connectivity index (χ1n) is 9.83. The molecule has 7 heteroatoms. The van der Waals surface area contributed by atoms with Crippen LogP contribution < -0.4 is 10.1 Å². The van der Waals surface area contributed by atoms with E-state index in [1.807, 2.05) is 39.8 Å². The monoisotopic (exact) mass is 478 g/mol. The van der Waals surface area contributed by atoms with E-state index in [4.69, 9.17) is 4.74 Å². The van der Waals surface area contributed by atoms with Crippen molar-refractivity contribution in [1.82, 2.24) is 10.2 Å². The maximum absolute atomic E-state index is 14.2. The van der Waals surface area contributed by atoms with E-state index < -0.39 is 17.8 Å². The third kappa shape index (κ3) is 6.29. The molecule has 0 aliphatic rings. The van der Waals surface area contributed by atoms with Crippen LogP contribution in [0, 0.1) is 19.7 Å². The smallest absolute Gasteiger partial charge is 0.261 e. The summed E-state index contributed by atoms with van der Waals surface area (Å²) >= 11 is 3.50. The van der Waals surface area contributed by atoms with Gasteiger partial charge in [-0.05, 0) is 63.9 Å². The van der Waals surface area contributed by atoms with E-state index >= 15 is 0 Å². The van der Waals surface area contributed by atoms with Crippen LogP contribution in [0.3, 0.4) is 0 Å². The summed E-state index contributed by atoms with van der Waals surface area (Å²) in [6, 6.07) is 9.03. The first kappa shape index (κ1) is 23.9. The van der Waals surface area contributed by atoms with Gasteiger partial charge in [0, 0.05) is 22.6 Å². The van der Waals surface area contributed by atoms with E-state index in [-0.39, 0.29) is 25.1 Å². The topological polar surface area (TPSA) is 58.6 Å². The molecule has 0 aliphatic carbocycles. The van der Waals surface area contributed by atoms with Crippen molar-refractivity contribution in [2.45, 2.75) is 53.2 Å². The molecule has 0 spiro atoms. The van der Waals surface area contributed by atoms with Gasteiger partial charge in [-0.3, -0.25) is 9.59 Å². The van der Waals surface area contributed by atoms with Crippen LogP contribution in [0.5, 0.6) is 5.75 Å². The zero-order valence-corrected chi connectivity index (χ0v) is 19.5. The molecule has 2 aromatic rings. The second-order valence-corrected chi connectivity index (χ2v) is 8.41. The number of ether oxygens (including phenoxy) is 1. The number of aryl methyl sites for hydroxylation is 2. The van der Waals surface area contributed by atoms with Crippen LogP contribution in [-0.4, -0.2) is 35.4 Å². The molecule has 1 atom stereocenters. The number of carbonyl (C=O) groups is 2. The van der Waals surface area contributed by atoms with Crippen LogP contribution in [0.15, 0.2) is 40.9 Å². The van der Waals surface area contributed by atoms with Crippen molar-refractivity contribution in [2.24, 2.45) is 0 Å². The third-order valence-electron chi connectivity index (χ3n) is 4.67. The summed E-state index contributed by atoms with van der Waals surface area (Å²) in [5.74, 6) is -0.563. The summed E-state index contributed by atoms with van der Waals surface area (Å²) < 4.78 is 20.9. The summed E-state index contributed by atoms with van der Waals surface area (Å²) in [6.45, 7) is 8.91. The van der Waals surface area contributed by atoms with Crippen molar-refractivity contribution in [3.8, 4) is 5.75 Å². The molecule has 0 fully saturated rings. The highest BCUT2D eigenvalue weighted by molar-refractivity contribution is 9.10. The normalized spacial score (nSPS) is 11.9. The van der Waals surface area contributed by atoms with Crippen LogP contribution in [0.4, 0.5) is 4.39 Å². The largest absolute Gasteiger partial charge is 0.484 e. The molecule has 30 heavy (non-hydrogen) atoms. The average molecular weight is 479 g/mol. The Hall–Kier alpha value is -2.41. The molecular weight excluding hydrogens is 451 g/mol. The number of amides is 2. The van der Waals surface area contributed by atoms with Crippen LogP contribution in [0.1, 0.15) is 37.5 Å². The van der Waals surface area contributed by atoms with Gasteiger partial charge in [-0.2, -0.15) is 0 Å². The first-order valence-corrected chi connectivity index (χ1v) is 10.6. The van der Waals surface area contributed by atoms with Crippen LogP contribution >= 0.6 is 15.9 Å². The fraction of sp³-hybridized carbons (Fsp3) is 0.391. The zero-order chi connectivity index (χ0) is 22.4. The lowest BCUT2D eigenvalue weighted by molar-refractivity contribution is -0.142. The van der Waals surface area contributed by atoms with Crippen molar-refractivity contribution in [1.29, 1.82) is 0 Å². The minimum Gasteiger partial charge on any atom is -0.484 e. The van der Waals surface area contributed by atoms with Crippen molar-refractivity contribution >= 4 is 27.7 Å². The molecule has 0 radical (unpaired) electrons. The molecule has 0 bridgehead atoms. The first-order chi connectivity index (χ1) is 14.1. The number of halogens is 2. The van der Waals surface area contributed by atoms with Gasteiger partial charge >= 0.3 is 0 Å². The maximum Gasteiger partial charge on any atom is 0.261 e. The lowest BCUT2D eigenvalue weighted by Gasteiger charge is -2.29. The predicted octanol–water partition coefficient (Wildman–Crippen LogP) is 4.53. The van der Waals surface area contributed by atoms with Gasteiger partial charge in [0.25, 0.3) is 5.91 Å². The van der Waals surface area contributed by atoms with E-state index in [1.165, 1.54) is 11.0 Å². The molecule has 1 unspecified atom stereocenters. The molecular formula is C23H28BrFN2O3. The van der Waals surface area contributed by atoms with E-state index in [1.54, 1.807) is 25.1 Å². The Morgan fingerprint density at radius 3 is 2.30 bits per heavy atom. The predicted molar refractivity (Wildman–Crippen MR) is 119 cm³/mol. The van der Waals surface area contributed by atoms with Gasteiger partial charge in [0.15, 0.2) is 6.61 Å². The van der Waals surface area contributed by atoms with Gasteiger partial charge in [-0.1, -0.05) is 34.1 Å². The summed E-state index contributed by atoms with van der Waals surface area (Å²) in [6.07, 6.45) is 0. The Kier molecular flexibility index (Phi) is 8.41. The Morgan fingerprint density at radius 2 is 1.73 bits per heavy atom. The molecule has 0 saturated carbocycles. The van der Waals surface area contributed by atoms with Gasteiger partial charge in [0.2, 0.25) is 5.91 Å². The van der Waals surface area contributed by atoms with Gasteiger partial charge in [0.05, 0.1) is 0 Å². The summed E-state index contributed by atoms with van der Waals surface area (Å²) in [4.78, 5) is 26.9. The number of carbonyl (C=O) groups excluding carboxylic acids is 2. The average Bonchev–Trinajstić information content (AvgIpc) is 2.68. The van der Waals surface area contributed by atoms with Gasteiger partial charge in [-0.25, -0.2) is 4.39 Å². The second-order valence-electron chi connectivity index (χ2n) is 7.61. The molecule has 2 aromatic carbocycles. The van der Waals surface area contributed by atoms with Crippen LogP contribution in [0.25, 0.3) is 0 Å². The van der Waals surface area contributed by atoms with Crippen molar-refractivity contribution < 1.29 is 18.7 Å². The Bertz CT molecular complexity index is 894. The molecule has 2 rings (SSSR count). The van der Waals surface area contributed by atoms with Crippen LogP contribution in [-0.2, 0) is 16.1 Å². The van der Waals surface area contributed by atoms with Gasteiger partial charge < -0.3 is 15.0 Å². The van der Waals surface area contributed by atoms with Gasteiger partial charge in [0.1, 0.15) is 17.6 Å². The lowest BCUT2D eigenvalue weighted by atomic mass is 10.1. The highest BCUT2D eigenvalue weighted by atomic mass is 79.9. The molecule has 162 valence electrons. The number of nitrogens with one attached hydrogen (secondary N) is 1. The number of benzene rings is 2. The number of nitrogens with zero attached hydrogens (tertiary/aromatic N) is 1. The van der Waals surface area contributed by atoms with E-state index in [0.29, 0.717) is 11.3 Å². The highest BCUT2D eigenvalue weighted by Gasteiger charge is 2.27. The molecule has 0 heterocycles. The fourth-order valence-corrected chi connectivity index (χ4v) is 3.24. The van der Waals surface area contributed by atoms with Crippen molar-refractivity contribution in [3.05, 3.63) is 63.4 Å². The minimum absolute atomic E-state index is 0.0278. The SMILES string of the molecule is Cc1cc(OCC(=O)N(Cc2ccccc2F)C(C)C(=O)NC(C)C)cc(C)c1Br. The number of hydrogen-bond acceptors (Lipinski definition) is 3. The Morgan fingerprint density at radius 1 is 1.13 bits per heavy atom. The summed E-state index contributed by atoms with van der Waals surface area (Å²) in [5, 5.41) is 2.80. The Labute approximate surface area is 185 Å². The van der Waals surface area contributed by atoms with Gasteiger partial charge in [-0.15, -0.1) is 0 Å². The number of rotatable bonds is 8. The zero-order valence-electron chi connectivity index (χ0n) is 18.0. The third-order valence-corrected chi connectivity index (χ3v) is 5.92. The van der Waals surface area contributed by atoms with Crippen molar-refractivity contribution in [3.63, 3.8) is 0 Å². The Balaban J connectivity index is 2.21. The van der Waals surface area contributed by atoms with Crippen LogP contribution in [0.2, 0.25) is 0 Å².